The van der Waals surface area contributed by atoms with Crippen LogP contribution in [0.5, 0.6) is 11.5 Å². The number of halogens is 6. The highest BCUT2D eigenvalue weighted by molar-refractivity contribution is 9.10. The third-order valence-corrected chi connectivity index (χ3v) is 6.63. The molecule has 0 radical (unpaired) electrons. The molecule has 9 heteroatoms. The van der Waals surface area contributed by atoms with E-state index in [0.29, 0.717) is 10.2 Å². The van der Waals surface area contributed by atoms with Crippen LogP contribution in [0, 0.1) is 0 Å². The zero-order chi connectivity index (χ0) is 21.1. The highest BCUT2D eigenvalue weighted by atomic mass is 79.9. The Bertz CT molecular complexity index is 1040. The molecular weight excluding hydrogens is 545 g/mol. The van der Waals surface area contributed by atoms with Crippen molar-refractivity contribution in [2.24, 2.45) is 0 Å². The molecule has 3 rings (SSSR count). The zero-order valence-corrected chi connectivity index (χ0v) is 19.7. The van der Waals surface area contributed by atoms with Gasteiger partial charge in [0.25, 0.3) is 0 Å². The summed E-state index contributed by atoms with van der Waals surface area (Å²) >= 11 is 33.4. The van der Waals surface area contributed by atoms with Gasteiger partial charge in [-0.2, -0.15) is 0 Å². The van der Waals surface area contributed by atoms with Crippen LogP contribution in [-0.4, -0.2) is 12.6 Å². The zero-order valence-electron chi connectivity index (χ0n) is 14.3. The second-order valence-electron chi connectivity index (χ2n) is 5.67. The van der Waals surface area contributed by atoms with E-state index >= 15 is 0 Å². The van der Waals surface area contributed by atoms with Gasteiger partial charge in [0.1, 0.15) is 15.8 Å². The molecule has 3 aromatic rings. The second kappa shape index (κ2) is 9.78. The first-order valence-electron chi connectivity index (χ1n) is 7.99. The van der Waals surface area contributed by atoms with Crippen LogP contribution in [0.1, 0.15) is 0 Å². The van der Waals surface area contributed by atoms with E-state index in [1.807, 2.05) is 42.5 Å². The van der Waals surface area contributed by atoms with Crippen LogP contribution in [0.25, 0.3) is 11.1 Å². The Balaban J connectivity index is 1.71. The number of hydrogen-bond acceptors (Lipinski definition) is 3. The minimum atomic E-state index is -0.674. The summed E-state index contributed by atoms with van der Waals surface area (Å²) in [7, 11) is 0. The topological polar surface area (TPSA) is 35.5 Å². The molecule has 0 amide bonds. The molecule has 0 heterocycles. The lowest BCUT2D eigenvalue weighted by molar-refractivity contribution is -0.136. The van der Waals surface area contributed by atoms with Crippen LogP contribution in [0.2, 0.25) is 25.1 Å². The molecule has 3 nitrogen and oxygen atoms in total. The normalized spacial score (nSPS) is 10.7. The summed E-state index contributed by atoms with van der Waals surface area (Å²) in [6.07, 6.45) is 0. The summed E-state index contributed by atoms with van der Waals surface area (Å²) < 4.78 is 11.3. The van der Waals surface area contributed by atoms with E-state index in [4.69, 9.17) is 67.5 Å². The molecule has 3 aromatic carbocycles. The van der Waals surface area contributed by atoms with Crippen molar-refractivity contribution >= 4 is 79.9 Å². The van der Waals surface area contributed by atoms with Gasteiger partial charge in [-0.15, -0.1) is 0 Å². The van der Waals surface area contributed by atoms with E-state index in [-0.39, 0.29) is 30.9 Å². The summed E-state index contributed by atoms with van der Waals surface area (Å²) in [6, 6.07) is 15.2. The molecule has 0 saturated carbocycles. The first kappa shape index (κ1) is 22.5. The summed E-state index contributed by atoms with van der Waals surface area (Å²) in [6.45, 7) is -0.472. The first-order chi connectivity index (χ1) is 13.8. The Morgan fingerprint density at radius 1 is 0.793 bits per heavy atom. The summed E-state index contributed by atoms with van der Waals surface area (Å²) in [5, 5.41) is -0.143. The van der Waals surface area contributed by atoms with Gasteiger partial charge in [-0.25, -0.2) is 4.79 Å². The van der Waals surface area contributed by atoms with E-state index in [1.165, 1.54) is 0 Å². The van der Waals surface area contributed by atoms with Crippen LogP contribution in [0.15, 0.2) is 53.0 Å². The van der Waals surface area contributed by atoms with Crippen LogP contribution >= 0.6 is 73.9 Å². The number of carbonyl (C=O) groups excluding carboxylic acids is 1. The van der Waals surface area contributed by atoms with Crippen LogP contribution in [0.4, 0.5) is 0 Å². The van der Waals surface area contributed by atoms with Gasteiger partial charge < -0.3 is 9.47 Å². The van der Waals surface area contributed by atoms with Gasteiger partial charge in [0, 0.05) is 0 Å². The molecule has 0 spiro atoms. The number of ether oxygens (including phenoxy) is 2. The molecule has 0 aromatic heterocycles. The Morgan fingerprint density at radius 2 is 1.38 bits per heavy atom. The van der Waals surface area contributed by atoms with Crippen LogP contribution in [-0.2, 0) is 4.79 Å². The molecular formula is C20H10BrCl5O3. The van der Waals surface area contributed by atoms with E-state index in [2.05, 4.69) is 15.9 Å². The van der Waals surface area contributed by atoms with Crippen molar-refractivity contribution in [1.29, 1.82) is 0 Å². The monoisotopic (exact) mass is 552 g/mol. The second-order valence-corrected chi connectivity index (χ2v) is 8.42. The summed E-state index contributed by atoms with van der Waals surface area (Å²) in [5.74, 6) is -0.390. The van der Waals surface area contributed by atoms with Crippen molar-refractivity contribution in [3.63, 3.8) is 0 Å². The first-order valence-corrected chi connectivity index (χ1v) is 10.7. The average molecular weight is 555 g/mol. The lowest BCUT2D eigenvalue weighted by Crippen LogP contribution is -2.18. The van der Waals surface area contributed by atoms with Crippen molar-refractivity contribution in [3.05, 3.63) is 78.1 Å². The maximum Gasteiger partial charge on any atom is 0.349 e. The van der Waals surface area contributed by atoms with Gasteiger partial charge in [0.15, 0.2) is 12.4 Å². The van der Waals surface area contributed by atoms with E-state index < -0.39 is 12.6 Å². The quantitative estimate of drug-likeness (QED) is 0.137. The fourth-order valence-electron chi connectivity index (χ4n) is 2.39. The highest BCUT2D eigenvalue weighted by Crippen LogP contribution is 2.48. The molecule has 0 atom stereocenters. The molecule has 0 saturated heterocycles. The SMILES string of the molecule is O=C(COc1c(Cl)c(Cl)c(Cl)c(Cl)c1Cl)Oc1ccc(-c2ccccc2)cc1Br. The van der Waals surface area contributed by atoms with Crippen LogP contribution in [0.3, 0.4) is 0 Å². The van der Waals surface area contributed by atoms with Gasteiger partial charge in [0.05, 0.1) is 19.5 Å². The fourth-order valence-corrected chi connectivity index (χ4v) is 4.08. The van der Waals surface area contributed by atoms with Gasteiger partial charge in [-0.1, -0.05) is 94.4 Å². The van der Waals surface area contributed by atoms with Crippen molar-refractivity contribution in [1.82, 2.24) is 0 Å². The number of hydrogen-bond donors (Lipinski definition) is 0. The van der Waals surface area contributed by atoms with E-state index in [0.717, 1.165) is 11.1 Å². The third kappa shape index (κ3) is 5.13. The molecule has 0 aliphatic heterocycles. The maximum atomic E-state index is 12.2. The Kier molecular flexibility index (Phi) is 7.60. The molecule has 0 bridgehead atoms. The Morgan fingerprint density at radius 3 is 1.97 bits per heavy atom. The van der Waals surface area contributed by atoms with Gasteiger partial charge in [-0.3, -0.25) is 0 Å². The van der Waals surface area contributed by atoms with E-state index in [9.17, 15) is 4.79 Å². The molecule has 0 unspecified atom stereocenters. The maximum absolute atomic E-state index is 12.2. The Labute approximate surface area is 200 Å². The third-order valence-electron chi connectivity index (χ3n) is 3.77. The van der Waals surface area contributed by atoms with Crippen molar-refractivity contribution in [2.75, 3.05) is 6.61 Å². The largest absolute Gasteiger partial charge is 0.479 e. The fraction of sp³-hybridized carbons (Fsp3) is 0.0500. The molecule has 0 fully saturated rings. The average Bonchev–Trinajstić information content (AvgIpc) is 2.73. The molecule has 0 N–H and O–H groups in total. The van der Waals surface area contributed by atoms with Gasteiger partial charge in [-0.05, 0) is 39.2 Å². The molecule has 150 valence electrons. The summed E-state index contributed by atoms with van der Waals surface area (Å²) in [5.41, 5.74) is 2.01. The van der Waals surface area contributed by atoms with Crippen molar-refractivity contribution in [3.8, 4) is 22.6 Å². The number of benzene rings is 3. The minimum Gasteiger partial charge on any atom is -0.479 e. The minimum absolute atomic E-state index is 0.000645. The predicted octanol–water partition coefficient (Wildman–Crippen LogP) is 8.37. The summed E-state index contributed by atoms with van der Waals surface area (Å²) in [4.78, 5) is 12.2. The molecule has 0 aliphatic rings. The lowest BCUT2D eigenvalue weighted by Gasteiger charge is -2.14. The van der Waals surface area contributed by atoms with E-state index in [1.54, 1.807) is 6.07 Å². The number of carbonyl (C=O) groups is 1. The van der Waals surface area contributed by atoms with Crippen LogP contribution < -0.4 is 9.47 Å². The standard InChI is InChI=1S/C20H10BrCl5O3/c21-12-8-11(10-4-2-1-3-5-10)6-7-13(12)29-14(27)9-28-20-18(25)16(23)15(22)17(24)19(20)26/h1-8H,9H2. The lowest BCUT2D eigenvalue weighted by atomic mass is 10.1. The van der Waals surface area contributed by atoms with Gasteiger partial charge >= 0.3 is 5.97 Å². The van der Waals surface area contributed by atoms with Crippen molar-refractivity contribution in [2.45, 2.75) is 0 Å². The highest BCUT2D eigenvalue weighted by Gasteiger charge is 2.21. The van der Waals surface area contributed by atoms with Gasteiger partial charge in [0.2, 0.25) is 0 Å². The smallest absolute Gasteiger partial charge is 0.349 e. The van der Waals surface area contributed by atoms with Crippen molar-refractivity contribution < 1.29 is 14.3 Å². The number of rotatable bonds is 5. The molecule has 0 aliphatic carbocycles. The number of esters is 1. The Hall–Kier alpha value is -1.14. The predicted molar refractivity (Wildman–Crippen MR) is 122 cm³/mol. The molecule has 29 heavy (non-hydrogen) atoms.